The summed E-state index contributed by atoms with van der Waals surface area (Å²) in [5, 5.41) is 3.99. The van der Waals surface area contributed by atoms with E-state index in [1.54, 1.807) is 0 Å². The zero-order chi connectivity index (χ0) is 17.8. The van der Waals surface area contributed by atoms with E-state index in [9.17, 15) is 4.79 Å². The Kier molecular flexibility index (Phi) is 5.57. The van der Waals surface area contributed by atoms with Crippen molar-refractivity contribution in [1.82, 2.24) is 10.1 Å². The SMILES string of the molecule is CCC(c1ccccc1)C1CCCN1C(=O)CCc1c(C)noc1C. The third kappa shape index (κ3) is 3.78. The molecule has 1 saturated heterocycles. The van der Waals surface area contributed by atoms with Crippen molar-refractivity contribution in [2.45, 2.75) is 64.8 Å². The molecule has 4 nitrogen and oxygen atoms in total. The number of hydrogen-bond acceptors (Lipinski definition) is 3. The molecule has 2 heterocycles. The summed E-state index contributed by atoms with van der Waals surface area (Å²) in [6.07, 6.45) is 4.51. The smallest absolute Gasteiger partial charge is 0.223 e. The molecule has 1 aliphatic heterocycles. The summed E-state index contributed by atoms with van der Waals surface area (Å²) in [4.78, 5) is 15.0. The van der Waals surface area contributed by atoms with E-state index in [0.29, 0.717) is 24.8 Å². The minimum absolute atomic E-state index is 0.261. The topological polar surface area (TPSA) is 46.3 Å². The third-order valence-electron chi connectivity index (χ3n) is 5.52. The van der Waals surface area contributed by atoms with Crippen LogP contribution in [0.25, 0.3) is 0 Å². The lowest BCUT2D eigenvalue weighted by Crippen LogP contribution is -2.39. The Hall–Kier alpha value is -2.10. The molecule has 2 aromatic rings. The molecule has 1 aromatic heterocycles. The molecule has 0 N–H and O–H groups in total. The maximum atomic E-state index is 12.9. The van der Waals surface area contributed by atoms with E-state index in [4.69, 9.17) is 4.52 Å². The average Bonchev–Trinajstić information content (AvgIpc) is 3.22. The van der Waals surface area contributed by atoms with Crippen molar-refractivity contribution >= 4 is 5.91 Å². The van der Waals surface area contributed by atoms with E-state index in [1.165, 1.54) is 5.56 Å². The predicted molar refractivity (Wildman–Crippen MR) is 98.5 cm³/mol. The standard InChI is InChI=1S/C21H28N2O2/c1-4-18(17-9-6-5-7-10-17)20-11-8-14-23(20)21(24)13-12-19-15(2)22-25-16(19)3/h5-7,9-10,18,20H,4,8,11-14H2,1-3H3. The summed E-state index contributed by atoms with van der Waals surface area (Å²) in [5.41, 5.74) is 3.33. The number of aromatic nitrogens is 1. The van der Waals surface area contributed by atoms with Gasteiger partial charge in [0, 0.05) is 30.5 Å². The molecule has 3 rings (SSSR count). The molecule has 0 saturated carbocycles. The molecular formula is C21H28N2O2. The molecule has 0 bridgehead atoms. The van der Waals surface area contributed by atoms with Gasteiger partial charge in [0.1, 0.15) is 5.76 Å². The fourth-order valence-corrected chi connectivity index (χ4v) is 4.18. The lowest BCUT2D eigenvalue weighted by atomic mass is 9.87. The molecule has 0 aliphatic carbocycles. The molecule has 1 aromatic carbocycles. The zero-order valence-electron chi connectivity index (χ0n) is 15.5. The first-order valence-corrected chi connectivity index (χ1v) is 9.38. The fourth-order valence-electron chi connectivity index (χ4n) is 4.18. The van der Waals surface area contributed by atoms with Gasteiger partial charge in [-0.1, -0.05) is 42.4 Å². The predicted octanol–water partition coefficient (Wildman–Crippen LogP) is 4.41. The van der Waals surface area contributed by atoms with Crippen LogP contribution in [0.15, 0.2) is 34.9 Å². The normalized spacial score (nSPS) is 18.5. The molecule has 1 aliphatic rings. The Morgan fingerprint density at radius 3 is 2.72 bits per heavy atom. The van der Waals surface area contributed by atoms with E-state index in [0.717, 1.165) is 42.8 Å². The van der Waals surface area contributed by atoms with Crippen LogP contribution in [0, 0.1) is 13.8 Å². The van der Waals surface area contributed by atoms with Gasteiger partial charge in [-0.25, -0.2) is 0 Å². The molecule has 2 unspecified atom stereocenters. The van der Waals surface area contributed by atoms with Crippen molar-refractivity contribution in [2.75, 3.05) is 6.54 Å². The van der Waals surface area contributed by atoms with Crippen LogP contribution in [0.1, 0.15) is 61.1 Å². The van der Waals surface area contributed by atoms with Gasteiger partial charge in [0.05, 0.1) is 5.69 Å². The average molecular weight is 340 g/mol. The first-order valence-electron chi connectivity index (χ1n) is 9.38. The lowest BCUT2D eigenvalue weighted by Gasteiger charge is -2.32. The number of carbonyl (C=O) groups excluding carboxylic acids is 1. The zero-order valence-corrected chi connectivity index (χ0v) is 15.5. The van der Waals surface area contributed by atoms with Crippen LogP contribution in [0.2, 0.25) is 0 Å². The van der Waals surface area contributed by atoms with Gasteiger partial charge in [-0.15, -0.1) is 0 Å². The highest BCUT2D eigenvalue weighted by Gasteiger charge is 2.34. The molecule has 4 heteroatoms. The van der Waals surface area contributed by atoms with E-state index >= 15 is 0 Å². The van der Waals surface area contributed by atoms with Gasteiger partial charge >= 0.3 is 0 Å². The third-order valence-corrected chi connectivity index (χ3v) is 5.52. The van der Waals surface area contributed by atoms with Crippen molar-refractivity contribution in [3.05, 3.63) is 52.9 Å². The van der Waals surface area contributed by atoms with Gasteiger partial charge in [-0.05, 0) is 45.1 Å². The Labute approximate surface area is 150 Å². The van der Waals surface area contributed by atoms with Crippen LogP contribution in [-0.2, 0) is 11.2 Å². The summed E-state index contributed by atoms with van der Waals surface area (Å²) in [6, 6.07) is 11.0. The van der Waals surface area contributed by atoms with E-state index in [1.807, 2.05) is 13.8 Å². The van der Waals surface area contributed by atoms with Gasteiger partial charge in [0.15, 0.2) is 0 Å². The van der Waals surface area contributed by atoms with Gasteiger partial charge < -0.3 is 9.42 Å². The van der Waals surface area contributed by atoms with Gasteiger partial charge in [0.2, 0.25) is 5.91 Å². The second kappa shape index (κ2) is 7.85. The van der Waals surface area contributed by atoms with Crippen LogP contribution in [-0.4, -0.2) is 28.6 Å². The number of benzene rings is 1. The summed E-state index contributed by atoms with van der Waals surface area (Å²) in [5.74, 6) is 1.52. The summed E-state index contributed by atoms with van der Waals surface area (Å²) in [7, 11) is 0. The molecular weight excluding hydrogens is 312 g/mol. The molecule has 2 atom stereocenters. The molecule has 0 spiro atoms. The van der Waals surface area contributed by atoms with Crippen molar-refractivity contribution in [2.24, 2.45) is 0 Å². The number of likely N-dealkylation sites (tertiary alicyclic amines) is 1. The molecule has 1 amide bonds. The maximum absolute atomic E-state index is 12.9. The van der Waals surface area contributed by atoms with Crippen molar-refractivity contribution in [1.29, 1.82) is 0 Å². The van der Waals surface area contributed by atoms with Crippen molar-refractivity contribution in [3.63, 3.8) is 0 Å². The molecule has 25 heavy (non-hydrogen) atoms. The highest BCUT2D eigenvalue weighted by Crippen LogP contribution is 2.34. The number of amides is 1. The van der Waals surface area contributed by atoms with E-state index < -0.39 is 0 Å². The Bertz CT molecular complexity index is 688. The second-order valence-electron chi connectivity index (χ2n) is 7.02. The van der Waals surface area contributed by atoms with Crippen molar-refractivity contribution in [3.8, 4) is 0 Å². The van der Waals surface area contributed by atoms with Crippen LogP contribution in [0.3, 0.4) is 0 Å². The van der Waals surface area contributed by atoms with Crippen molar-refractivity contribution < 1.29 is 9.32 Å². The maximum Gasteiger partial charge on any atom is 0.223 e. The molecule has 1 fully saturated rings. The fraction of sp³-hybridized carbons (Fsp3) is 0.524. The van der Waals surface area contributed by atoms with Crippen LogP contribution < -0.4 is 0 Å². The van der Waals surface area contributed by atoms with Gasteiger partial charge in [-0.3, -0.25) is 4.79 Å². The Balaban J connectivity index is 1.69. The first-order chi connectivity index (χ1) is 12.1. The summed E-state index contributed by atoms with van der Waals surface area (Å²) in [6.45, 7) is 6.97. The van der Waals surface area contributed by atoms with E-state index in [2.05, 4.69) is 47.3 Å². The quantitative estimate of drug-likeness (QED) is 0.782. The van der Waals surface area contributed by atoms with Crippen LogP contribution in [0.4, 0.5) is 0 Å². The van der Waals surface area contributed by atoms with Gasteiger partial charge in [-0.2, -0.15) is 0 Å². The number of carbonyl (C=O) groups is 1. The second-order valence-corrected chi connectivity index (χ2v) is 7.02. The highest BCUT2D eigenvalue weighted by molar-refractivity contribution is 5.77. The molecule has 0 radical (unpaired) electrons. The number of nitrogens with zero attached hydrogens (tertiary/aromatic N) is 2. The minimum Gasteiger partial charge on any atom is -0.361 e. The monoisotopic (exact) mass is 340 g/mol. The lowest BCUT2D eigenvalue weighted by molar-refractivity contribution is -0.132. The highest BCUT2D eigenvalue weighted by atomic mass is 16.5. The summed E-state index contributed by atoms with van der Waals surface area (Å²) < 4.78 is 5.21. The Morgan fingerprint density at radius 1 is 1.32 bits per heavy atom. The number of rotatable bonds is 6. The number of hydrogen-bond donors (Lipinski definition) is 0. The Morgan fingerprint density at radius 2 is 2.08 bits per heavy atom. The molecule has 134 valence electrons. The largest absolute Gasteiger partial charge is 0.361 e. The van der Waals surface area contributed by atoms with Crippen LogP contribution in [0.5, 0.6) is 0 Å². The number of aryl methyl sites for hydroxylation is 2. The van der Waals surface area contributed by atoms with Gasteiger partial charge in [0.25, 0.3) is 0 Å². The minimum atomic E-state index is 0.261. The summed E-state index contributed by atoms with van der Waals surface area (Å²) >= 11 is 0. The first kappa shape index (κ1) is 17.7. The van der Waals surface area contributed by atoms with E-state index in [-0.39, 0.29) is 5.91 Å². The van der Waals surface area contributed by atoms with Crippen LogP contribution >= 0.6 is 0 Å².